The molecule has 0 aromatic heterocycles. The summed E-state index contributed by atoms with van der Waals surface area (Å²) in [7, 11) is 4.84. The molecule has 172 valence electrons. The fourth-order valence-corrected chi connectivity index (χ4v) is 3.95. The molecule has 0 fully saturated rings. The average Bonchev–Trinajstić information content (AvgIpc) is 3.43. The molecular weight excluding hydrogens is 396 g/mol. The van der Waals surface area contributed by atoms with E-state index in [1.54, 1.807) is 21.3 Å². The minimum absolute atomic E-state index is 0.136. The van der Waals surface area contributed by atoms with Crippen LogP contribution in [0.2, 0.25) is 0 Å². The summed E-state index contributed by atoms with van der Waals surface area (Å²) in [5, 5.41) is 0. The second-order valence-electron chi connectivity index (χ2n) is 9.16. The molecule has 1 aromatic rings. The molecule has 2 atom stereocenters. The molecule has 2 aliphatic heterocycles. The highest BCUT2D eigenvalue weighted by molar-refractivity contribution is 6.06. The summed E-state index contributed by atoms with van der Waals surface area (Å²) in [6.07, 6.45) is 0.580. The van der Waals surface area contributed by atoms with Gasteiger partial charge in [0, 0.05) is 0 Å². The van der Waals surface area contributed by atoms with Crippen LogP contribution < -0.4 is 14.2 Å². The van der Waals surface area contributed by atoms with Crippen molar-refractivity contribution in [3.05, 3.63) is 17.7 Å². The molecule has 7 nitrogen and oxygen atoms in total. The van der Waals surface area contributed by atoms with Gasteiger partial charge >= 0.3 is 0 Å². The molecule has 31 heavy (non-hydrogen) atoms. The number of nitrogens with zero attached hydrogens (tertiary/aromatic N) is 2. The Labute approximate surface area is 185 Å². The molecule has 0 bridgehead atoms. The van der Waals surface area contributed by atoms with Crippen LogP contribution in [0.3, 0.4) is 0 Å². The first-order valence-corrected chi connectivity index (χ1v) is 10.9. The van der Waals surface area contributed by atoms with Crippen molar-refractivity contribution in [2.75, 3.05) is 34.5 Å². The average molecular weight is 433 g/mol. The predicted molar refractivity (Wildman–Crippen MR) is 122 cm³/mol. The molecule has 0 unspecified atom stereocenters. The zero-order valence-corrected chi connectivity index (χ0v) is 20.0. The fraction of sp³-hybridized carbons (Fsp3) is 0.667. The predicted octanol–water partition coefficient (Wildman–Crippen LogP) is 4.17. The third-order valence-corrected chi connectivity index (χ3v) is 6.11. The smallest absolute Gasteiger partial charge is 0.203 e. The van der Waals surface area contributed by atoms with E-state index in [-0.39, 0.29) is 12.1 Å². The number of aliphatic imine (C=N–C) groups is 2. The Morgan fingerprint density at radius 3 is 1.65 bits per heavy atom. The van der Waals surface area contributed by atoms with Crippen LogP contribution in [0.25, 0.3) is 0 Å². The van der Waals surface area contributed by atoms with Gasteiger partial charge in [0.05, 0.1) is 33.4 Å². The molecule has 0 radical (unpaired) electrons. The first kappa shape index (κ1) is 23.2. The van der Waals surface area contributed by atoms with E-state index in [0.29, 0.717) is 60.5 Å². The number of rotatable bonds is 9. The van der Waals surface area contributed by atoms with Crippen LogP contribution in [0, 0.1) is 17.3 Å². The second kappa shape index (κ2) is 9.37. The van der Waals surface area contributed by atoms with Gasteiger partial charge in [-0.3, -0.25) is 0 Å². The molecular formula is C24H36N2O5. The third kappa shape index (κ3) is 4.60. The molecule has 0 N–H and O–H groups in total. The highest BCUT2D eigenvalue weighted by Crippen LogP contribution is 2.41. The van der Waals surface area contributed by atoms with E-state index < -0.39 is 5.41 Å². The van der Waals surface area contributed by atoms with Gasteiger partial charge in [-0.15, -0.1) is 0 Å². The Bertz CT molecular complexity index is 787. The summed E-state index contributed by atoms with van der Waals surface area (Å²) >= 11 is 0. The summed E-state index contributed by atoms with van der Waals surface area (Å²) in [4.78, 5) is 9.87. The van der Waals surface area contributed by atoms with Gasteiger partial charge in [-0.25, -0.2) is 9.98 Å². The van der Waals surface area contributed by atoms with Crippen molar-refractivity contribution < 1.29 is 23.7 Å². The van der Waals surface area contributed by atoms with Crippen LogP contribution >= 0.6 is 0 Å². The van der Waals surface area contributed by atoms with Gasteiger partial charge in [0.25, 0.3) is 0 Å². The Morgan fingerprint density at radius 2 is 1.32 bits per heavy atom. The lowest BCUT2D eigenvalue weighted by atomic mass is 9.82. The molecule has 2 aliphatic rings. The van der Waals surface area contributed by atoms with Crippen LogP contribution in [-0.2, 0) is 15.9 Å². The van der Waals surface area contributed by atoms with Crippen LogP contribution in [0.15, 0.2) is 22.1 Å². The zero-order valence-electron chi connectivity index (χ0n) is 20.0. The van der Waals surface area contributed by atoms with Gasteiger partial charge in [-0.1, -0.05) is 27.7 Å². The topological polar surface area (TPSA) is 70.9 Å². The maximum Gasteiger partial charge on any atom is 0.203 e. The number of methoxy groups -OCH3 is 3. The van der Waals surface area contributed by atoms with E-state index in [1.165, 1.54) is 0 Å². The summed E-state index contributed by atoms with van der Waals surface area (Å²) < 4.78 is 28.8. The largest absolute Gasteiger partial charge is 0.493 e. The van der Waals surface area contributed by atoms with Crippen LogP contribution in [-0.4, -0.2) is 58.4 Å². The van der Waals surface area contributed by atoms with Gasteiger partial charge in [-0.2, -0.15) is 0 Å². The van der Waals surface area contributed by atoms with Crippen molar-refractivity contribution in [1.82, 2.24) is 0 Å². The van der Waals surface area contributed by atoms with E-state index >= 15 is 0 Å². The number of ether oxygens (including phenoxy) is 5. The maximum absolute atomic E-state index is 6.13. The van der Waals surface area contributed by atoms with Crippen molar-refractivity contribution in [2.45, 2.75) is 53.1 Å². The van der Waals surface area contributed by atoms with E-state index in [0.717, 1.165) is 5.56 Å². The van der Waals surface area contributed by atoms with Gasteiger partial charge in [0.1, 0.15) is 18.6 Å². The van der Waals surface area contributed by atoms with Crippen LogP contribution in [0.5, 0.6) is 17.2 Å². The first-order valence-electron chi connectivity index (χ1n) is 10.9. The van der Waals surface area contributed by atoms with E-state index in [1.807, 2.05) is 12.1 Å². The quantitative estimate of drug-likeness (QED) is 0.586. The Morgan fingerprint density at radius 1 is 0.871 bits per heavy atom. The minimum Gasteiger partial charge on any atom is -0.493 e. The van der Waals surface area contributed by atoms with E-state index in [4.69, 9.17) is 33.7 Å². The van der Waals surface area contributed by atoms with Crippen molar-refractivity contribution in [2.24, 2.45) is 27.2 Å². The van der Waals surface area contributed by atoms with Crippen molar-refractivity contribution in [3.63, 3.8) is 0 Å². The Hall–Kier alpha value is -2.44. The van der Waals surface area contributed by atoms with Crippen LogP contribution in [0.1, 0.15) is 40.2 Å². The number of hydrogen-bond donors (Lipinski definition) is 0. The molecule has 0 spiro atoms. The molecule has 1 aromatic carbocycles. The Kier molecular flexibility index (Phi) is 7.02. The zero-order chi connectivity index (χ0) is 22.8. The maximum atomic E-state index is 6.13. The van der Waals surface area contributed by atoms with Crippen molar-refractivity contribution in [3.8, 4) is 17.2 Å². The Balaban J connectivity index is 2.04. The van der Waals surface area contributed by atoms with Gasteiger partial charge < -0.3 is 23.7 Å². The van der Waals surface area contributed by atoms with Gasteiger partial charge in [0.2, 0.25) is 5.75 Å². The lowest BCUT2D eigenvalue weighted by molar-refractivity contribution is 0.243. The van der Waals surface area contributed by atoms with Crippen LogP contribution in [0.4, 0.5) is 0 Å². The molecule has 0 saturated carbocycles. The highest BCUT2D eigenvalue weighted by atomic mass is 16.5. The molecule has 0 aliphatic carbocycles. The summed E-state index contributed by atoms with van der Waals surface area (Å²) in [5.41, 5.74) is 0.369. The van der Waals surface area contributed by atoms with E-state index in [2.05, 4.69) is 34.6 Å². The molecule has 2 heterocycles. The number of hydrogen-bond acceptors (Lipinski definition) is 7. The van der Waals surface area contributed by atoms with E-state index in [9.17, 15) is 0 Å². The monoisotopic (exact) mass is 432 g/mol. The number of benzene rings is 1. The lowest BCUT2D eigenvalue weighted by Crippen LogP contribution is -2.39. The summed E-state index contributed by atoms with van der Waals surface area (Å²) in [5.74, 6) is 3.96. The SMILES string of the molecule is COc1cc(CC(C)(C2=N[C@@H](C(C)C)CO2)C2=N[C@@H](C(C)C)CO2)cc(OC)c1OC. The third-order valence-electron chi connectivity index (χ3n) is 6.11. The van der Waals surface area contributed by atoms with Gasteiger partial charge in [0.15, 0.2) is 23.3 Å². The highest BCUT2D eigenvalue weighted by Gasteiger charge is 2.46. The lowest BCUT2D eigenvalue weighted by Gasteiger charge is -2.28. The summed E-state index contributed by atoms with van der Waals surface area (Å²) in [6.45, 7) is 11.9. The van der Waals surface area contributed by atoms with Crippen molar-refractivity contribution in [1.29, 1.82) is 0 Å². The van der Waals surface area contributed by atoms with Gasteiger partial charge in [-0.05, 0) is 42.9 Å². The second-order valence-corrected chi connectivity index (χ2v) is 9.16. The first-order chi connectivity index (χ1) is 14.7. The fourth-order valence-electron chi connectivity index (χ4n) is 3.95. The molecule has 7 heteroatoms. The molecule has 0 amide bonds. The standard InChI is InChI=1S/C24H36N2O5/c1-14(2)17-12-30-22(25-17)24(5,23-26-18(13-31-23)15(3)4)11-16-9-19(27-6)21(29-8)20(10-16)28-7/h9-10,14-15,17-18H,11-13H2,1-8H3/t17-,18-/m1/s1. The van der Waals surface area contributed by atoms with Crippen molar-refractivity contribution >= 4 is 11.8 Å². The normalized spacial score (nSPS) is 21.0. The minimum atomic E-state index is -0.627. The molecule has 0 saturated heterocycles. The summed E-state index contributed by atoms with van der Waals surface area (Å²) in [6, 6.07) is 4.20. The molecule has 3 rings (SSSR count).